The molecule has 1 aromatic rings. The zero-order chi connectivity index (χ0) is 20.1. The zero-order valence-corrected chi connectivity index (χ0v) is 15.8. The molecule has 1 aliphatic rings. The van der Waals surface area contributed by atoms with Gasteiger partial charge in [-0.1, -0.05) is 38.1 Å². The molecule has 0 bridgehead atoms. The average molecular weight is 373 g/mol. The number of hydrogen-bond donors (Lipinski definition) is 4. The number of nitrogens with one attached hydrogen (secondary N) is 1. The van der Waals surface area contributed by atoms with Crippen molar-refractivity contribution in [3.63, 3.8) is 0 Å². The minimum absolute atomic E-state index is 0.0341. The fourth-order valence-electron chi connectivity index (χ4n) is 3.30. The maximum atomic E-state index is 12.7. The van der Waals surface area contributed by atoms with Crippen molar-refractivity contribution >= 4 is 11.7 Å². The first-order chi connectivity index (χ1) is 12.8. The molecule has 0 aliphatic carbocycles. The molecule has 4 atom stereocenters. The molecule has 0 aromatic heterocycles. The zero-order valence-electron chi connectivity index (χ0n) is 15.8. The molecule has 146 valence electrons. The van der Waals surface area contributed by atoms with Crippen LogP contribution in [0.1, 0.15) is 45.3 Å². The lowest BCUT2D eigenvalue weighted by atomic mass is 9.90. The van der Waals surface area contributed by atoms with Gasteiger partial charge in [0, 0.05) is 5.92 Å². The van der Waals surface area contributed by atoms with E-state index in [1.807, 2.05) is 26.0 Å². The van der Waals surface area contributed by atoms with E-state index in [0.29, 0.717) is 12.0 Å². The molecule has 0 unspecified atom stereocenters. The Morgan fingerprint density at radius 1 is 1.22 bits per heavy atom. The number of aliphatic hydroxyl groups excluding tert-OH is 2. The average Bonchev–Trinajstić information content (AvgIpc) is 2.93. The number of carbonyl (C=O) groups excluding carboxylic acids is 2. The summed E-state index contributed by atoms with van der Waals surface area (Å²) in [5.41, 5.74) is 0.115. The van der Waals surface area contributed by atoms with Gasteiger partial charge in [0.2, 0.25) is 0 Å². The van der Waals surface area contributed by atoms with E-state index < -0.39 is 23.8 Å². The summed E-state index contributed by atoms with van der Waals surface area (Å²) >= 11 is 0. The van der Waals surface area contributed by atoms with Crippen LogP contribution in [0.25, 0.3) is 0 Å². The van der Waals surface area contributed by atoms with Gasteiger partial charge in [0.25, 0.3) is 5.91 Å². The summed E-state index contributed by atoms with van der Waals surface area (Å²) in [6.45, 7) is 5.76. The van der Waals surface area contributed by atoms with Gasteiger partial charge in [-0.2, -0.15) is 0 Å². The summed E-state index contributed by atoms with van der Waals surface area (Å²) in [6.07, 6.45) is 4.22. The van der Waals surface area contributed by atoms with Crippen LogP contribution in [-0.2, 0) is 9.59 Å². The smallest absolute Gasteiger partial charge is 0.259 e. The number of rotatable bonds is 7. The van der Waals surface area contributed by atoms with E-state index in [1.54, 1.807) is 6.92 Å². The summed E-state index contributed by atoms with van der Waals surface area (Å²) in [6, 6.07) is 4.58. The summed E-state index contributed by atoms with van der Waals surface area (Å²) in [4.78, 5) is 25.0. The van der Waals surface area contributed by atoms with Crippen molar-refractivity contribution in [1.29, 1.82) is 0 Å². The molecular formula is C21H27NO5. The van der Waals surface area contributed by atoms with Crippen LogP contribution in [0.5, 0.6) is 5.75 Å². The SMILES string of the molecule is C/C=C/C[C@H](C)C[C@H](C)C(O)=C1C(=O)N[C@@H]([C@@H](O)c2ccc(O)cc2)C1=O. The van der Waals surface area contributed by atoms with Gasteiger partial charge >= 0.3 is 0 Å². The number of Topliss-reactive ketones (excluding diaryl/α,β-unsaturated/α-hetero) is 1. The number of allylic oxidation sites excluding steroid dienone is 3. The lowest BCUT2D eigenvalue weighted by Gasteiger charge is -2.17. The molecule has 6 heteroatoms. The molecule has 1 aliphatic heterocycles. The van der Waals surface area contributed by atoms with Crippen LogP contribution >= 0.6 is 0 Å². The minimum Gasteiger partial charge on any atom is -0.511 e. The number of phenolic OH excluding ortho intramolecular Hbond substituents is 1. The fraction of sp³-hybridized carbons (Fsp3) is 0.429. The van der Waals surface area contributed by atoms with Gasteiger partial charge in [-0.25, -0.2) is 0 Å². The highest BCUT2D eigenvalue weighted by atomic mass is 16.3. The third-order valence-corrected chi connectivity index (χ3v) is 4.85. The highest BCUT2D eigenvalue weighted by molar-refractivity contribution is 6.27. The van der Waals surface area contributed by atoms with Gasteiger partial charge in [-0.3, -0.25) is 9.59 Å². The maximum Gasteiger partial charge on any atom is 0.259 e. The lowest BCUT2D eigenvalue weighted by molar-refractivity contribution is -0.118. The van der Waals surface area contributed by atoms with Crippen molar-refractivity contribution in [3.8, 4) is 5.75 Å². The molecule has 2 rings (SSSR count). The number of hydrogen-bond acceptors (Lipinski definition) is 5. The Morgan fingerprint density at radius 3 is 2.44 bits per heavy atom. The molecule has 6 nitrogen and oxygen atoms in total. The number of amides is 1. The van der Waals surface area contributed by atoms with Gasteiger partial charge in [0.05, 0.1) is 0 Å². The Labute approximate surface area is 159 Å². The Bertz CT molecular complexity index is 750. The van der Waals surface area contributed by atoms with E-state index in [0.717, 1.165) is 6.42 Å². The van der Waals surface area contributed by atoms with Crippen molar-refractivity contribution < 1.29 is 24.9 Å². The number of carbonyl (C=O) groups is 2. The van der Waals surface area contributed by atoms with E-state index >= 15 is 0 Å². The lowest BCUT2D eigenvalue weighted by Crippen LogP contribution is -2.35. The third kappa shape index (κ3) is 4.77. The second-order valence-electron chi connectivity index (χ2n) is 7.16. The molecule has 1 amide bonds. The monoisotopic (exact) mass is 373 g/mol. The molecule has 1 saturated heterocycles. The Morgan fingerprint density at radius 2 is 1.85 bits per heavy atom. The molecule has 0 radical (unpaired) electrons. The van der Waals surface area contributed by atoms with Crippen LogP contribution in [-0.4, -0.2) is 33.1 Å². The van der Waals surface area contributed by atoms with Crippen LogP contribution in [0, 0.1) is 11.8 Å². The van der Waals surface area contributed by atoms with Crippen LogP contribution in [0.2, 0.25) is 0 Å². The second-order valence-corrected chi connectivity index (χ2v) is 7.16. The number of aliphatic hydroxyl groups is 2. The Hall–Kier alpha value is -2.60. The molecule has 0 saturated carbocycles. The summed E-state index contributed by atoms with van der Waals surface area (Å²) < 4.78 is 0. The van der Waals surface area contributed by atoms with Gasteiger partial charge in [-0.05, 0) is 43.4 Å². The van der Waals surface area contributed by atoms with Gasteiger partial charge in [0.1, 0.15) is 29.2 Å². The van der Waals surface area contributed by atoms with Crippen LogP contribution in [0.15, 0.2) is 47.7 Å². The van der Waals surface area contributed by atoms with Crippen molar-refractivity contribution in [2.45, 2.75) is 45.8 Å². The Balaban J connectivity index is 2.18. The minimum atomic E-state index is -1.27. The third-order valence-electron chi connectivity index (χ3n) is 4.85. The first-order valence-electron chi connectivity index (χ1n) is 9.12. The van der Waals surface area contributed by atoms with Crippen molar-refractivity contribution in [1.82, 2.24) is 5.32 Å². The molecule has 27 heavy (non-hydrogen) atoms. The maximum absolute atomic E-state index is 12.7. The van der Waals surface area contributed by atoms with Crippen molar-refractivity contribution in [2.75, 3.05) is 0 Å². The van der Waals surface area contributed by atoms with Crippen LogP contribution in [0.4, 0.5) is 0 Å². The number of benzene rings is 1. The summed E-state index contributed by atoms with van der Waals surface area (Å²) in [7, 11) is 0. The van der Waals surface area contributed by atoms with E-state index in [2.05, 4.69) is 5.32 Å². The number of phenols is 1. The largest absolute Gasteiger partial charge is 0.511 e. The van der Waals surface area contributed by atoms with E-state index in [4.69, 9.17) is 0 Å². The predicted molar refractivity (Wildman–Crippen MR) is 102 cm³/mol. The van der Waals surface area contributed by atoms with Gasteiger partial charge < -0.3 is 20.6 Å². The van der Waals surface area contributed by atoms with Gasteiger partial charge in [0.15, 0.2) is 5.78 Å². The first-order valence-corrected chi connectivity index (χ1v) is 9.12. The number of aromatic hydroxyl groups is 1. The van der Waals surface area contributed by atoms with E-state index in [1.165, 1.54) is 24.3 Å². The van der Waals surface area contributed by atoms with Crippen LogP contribution < -0.4 is 5.32 Å². The highest BCUT2D eigenvalue weighted by Crippen LogP contribution is 2.29. The molecule has 0 spiro atoms. The Kier molecular flexibility index (Phi) is 6.80. The molecule has 1 aromatic carbocycles. The molecule has 1 heterocycles. The molecule has 1 fully saturated rings. The topological polar surface area (TPSA) is 107 Å². The molecular weight excluding hydrogens is 346 g/mol. The number of ketones is 1. The normalized spacial score (nSPS) is 22.6. The van der Waals surface area contributed by atoms with E-state index in [-0.39, 0.29) is 28.9 Å². The van der Waals surface area contributed by atoms with Crippen molar-refractivity contribution in [2.24, 2.45) is 11.8 Å². The standard InChI is InChI=1S/C21H27NO5/c1-4-5-6-12(2)11-13(3)18(24)16-20(26)17(22-21(16)27)19(25)14-7-9-15(23)10-8-14/h4-5,7-10,12-13,17,19,23-25H,6,11H2,1-3H3,(H,22,27)/b5-4+,18-16?/t12-,13-,17-,19-/m0/s1. The molecule has 4 N–H and O–H groups in total. The van der Waals surface area contributed by atoms with Crippen LogP contribution in [0.3, 0.4) is 0 Å². The summed E-state index contributed by atoms with van der Waals surface area (Å²) in [5.74, 6) is -1.55. The quantitative estimate of drug-likeness (QED) is 0.254. The van der Waals surface area contributed by atoms with Crippen molar-refractivity contribution in [3.05, 3.63) is 53.3 Å². The first kappa shape index (κ1) is 20.7. The van der Waals surface area contributed by atoms with Gasteiger partial charge in [-0.15, -0.1) is 0 Å². The summed E-state index contributed by atoms with van der Waals surface area (Å²) in [5, 5.41) is 32.8. The predicted octanol–water partition coefficient (Wildman–Crippen LogP) is 2.93. The second kappa shape index (κ2) is 8.86. The fourth-order valence-corrected chi connectivity index (χ4v) is 3.30. The van der Waals surface area contributed by atoms with E-state index in [9.17, 15) is 24.9 Å². The highest BCUT2D eigenvalue weighted by Gasteiger charge is 2.43.